The second-order valence-corrected chi connectivity index (χ2v) is 8.86. The highest BCUT2D eigenvalue weighted by atomic mass is 32.2. The Bertz CT molecular complexity index is 932. The maximum absolute atomic E-state index is 12.3. The molecule has 4 nitrogen and oxygen atoms in total. The van der Waals surface area contributed by atoms with E-state index in [-0.39, 0.29) is 5.91 Å². The molecule has 1 fully saturated rings. The molecule has 0 saturated carbocycles. The van der Waals surface area contributed by atoms with E-state index in [0.29, 0.717) is 17.4 Å². The van der Waals surface area contributed by atoms with Gasteiger partial charge in [0.25, 0.3) is 5.91 Å². The van der Waals surface area contributed by atoms with Crippen LogP contribution in [0, 0.1) is 12.8 Å². The van der Waals surface area contributed by atoms with E-state index in [9.17, 15) is 4.79 Å². The third-order valence-electron chi connectivity index (χ3n) is 5.24. The van der Waals surface area contributed by atoms with Gasteiger partial charge < -0.3 is 9.64 Å². The van der Waals surface area contributed by atoms with Crippen LogP contribution in [-0.4, -0.2) is 29.1 Å². The van der Waals surface area contributed by atoms with Gasteiger partial charge in [0.1, 0.15) is 12.4 Å². The van der Waals surface area contributed by atoms with E-state index in [2.05, 4.69) is 48.0 Å². The average molecular weight is 407 g/mol. The molecule has 1 saturated heterocycles. The van der Waals surface area contributed by atoms with Crippen LogP contribution in [0.3, 0.4) is 0 Å². The zero-order valence-electron chi connectivity index (χ0n) is 16.9. The summed E-state index contributed by atoms with van der Waals surface area (Å²) in [7, 11) is 0. The van der Waals surface area contributed by atoms with E-state index >= 15 is 0 Å². The van der Waals surface area contributed by atoms with Gasteiger partial charge in [0.2, 0.25) is 0 Å². The Labute approximate surface area is 176 Å². The molecule has 0 N–H and O–H groups in total. The third kappa shape index (κ3) is 5.10. The topological polar surface area (TPSA) is 41.9 Å². The second-order valence-electron chi connectivity index (χ2n) is 7.85. The van der Waals surface area contributed by atoms with E-state index in [4.69, 9.17) is 4.74 Å². The second kappa shape index (κ2) is 8.87. The van der Waals surface area contributed by atoms with E-state index in [1.165, 1.54) is 23.7 Å². The zero-order valence-corrected chi connectivity index (χ0v) is 17.7. The SMILES string of the molecule is Cc1ccc(COc2ccc(/C=C3\SC(N4CCC[C@@H](C)C4)=NC3=O)cc2)cc1. The molecule has 150 valence electrons. The summed E-state index contributed by atoms with van der Waals surface area (Å²) >= 11 is 1.49. The molecule has 0 aromatic heterocycles. The summed E-state index contributed by atoms with van der Waals surface area (Å²) in [6.45, 7) is 6.85. The summed E-state index contributed by atoms with van der Waals surface area (Å²) in [6.07, 6.45) is 4.34. The normalized spacial score (nSPS) is 20.8. The van der Waals surface area contributed by atoms with Crippen LogP contribution < -0.4 is 4.74 Å². The Morgan fingerprint density at radius 3 is 2.66 bits per heavy atom. The number of rotatable bonds is 4. The molecule has 2 aliphatic heterocycles. The Kier molecular flexibility index (Phi) is 6.05. The van der Waals surface area contributed by atoms with Gasteiger partial charge in [-0.3, -0.25) is 4.79 Å². The average Bonchev–Trinajstić information content (AvgIpc) is 3.09. The molecule has 0 radical (unpaired) electrons. The van der Waals surface area contributed by atoms with Gasteiger partial charge in [-0.15, -0.1) is 0 Å². The lowest BCUT2D eigenvalue weighted by Crippen LogP contribution is -2.37. The van der Waals surface area contributed by atoms with Gasteiger partial charge in [-0.2, -0.15) is 4.99 Å². The van der Waals surface area contributed by atoms with Crippen LogP contribution in [0.5, 0.6) is 5.75 Å². The van der Waals surface area contributed by atoms with E-state index in [0.717, 1.165) is 41.6 Å². The highest BCUT2D eigenvalue weighted by molar-refractivity contribution is 8.18. The van der Waals surface area contributed by atoms with Gasteiger partial charge in [-0.25, -0.2) is 0 Å². The summed E-state index contributed by atoms with van der Waals surface area (Å²) < 4.78 is 5.86. The highest BCUT2D eigenvalue weighted by Gasteiger charge is 2.28. The number of nitrogens with zero attached hydrogens (tertiary/aromatic N) is 2. The van der Waals surface area contributed by atoms with E-state index in [1.54, 1.807) is 0 Å². The largest absolute Gasteiger partial charge is 0.489 e. The predicted molar refractivity (Wildman–Crippen MR) is 120 cm³/mol. The number of aryl methyl sites for hydroxylation is 1. The lowest BCUT2D eigenvalue weighted by molar-refractivity contribution is -0.113. The van der Waals surface area contributed by atoms with Crippen molar-refractivity contribution in [2.75, 3.05) is 13.1 Å². The third-order valence-corrected chi connectivity index (χ3v) is 6.29. The molecule has 0 aliphatic carbocycles. The number of amidine groups is 1. The fraction of sp³-hybridized carbons (Fsp3) is 0.333. The van der Waals surface area contributed by atoms with E-state index in [1.807, 2.05) is 30.3 Å². The minimum Gasteiger partial charge on any atom is -0.489 e. The summed E-state index contributed by atoms with van der Waals surface area (Å²) in [5.41, 5.74) is 3.37. The fourth-order valence-corrected chi connectivity index (χ4v) is 4.51. The molecule has 29 heavy (non-hydrogen) atoms. The molecule has 1 amide bonds. The Hall–Kier alpha value is -2.53. The maximum atomic E-state index is 12.3. The number of thioether (sulfide) groups is 1. The summed E-state index contributed by atoms with van der Waals surface area (Å²) in [4.78, 5) is 19.6. The van der Waals surface area contributed by atoms with Crippen LogP contribution in [0.2, 0.25) is 0 Å². The number of hydrogen-bond donors (Lipinski definition) is 0. The molecular formula is C24H26N2O2S. The summed E-state index contributed by atoms with van der Waals surface area (Å²) in [5, 5.41) is 0.853. The van der Waals surface area contributed by atoms with Crippen molar-refractivity contribution in [3.63, 3.8) is 0 Å². The molecular weight excluding hydrogens is 380 g/mol. The number of aliphatic imine (C=N–C) groups is 1. The number of carbonyl (C=O) groups excluding carboxylic acids is 1. The lowest BCUT2D eigenvalue weighted by Gasteiger charge is -2.31. The van der Waals surface area contributed by atoms with Crippen molar-refractivity contribution in [3.8, 4) is 5.75 Å². The highest BCUT2D eigenvalue weighted by Crippen LogP contribution is 2.32. The first-order valence-corrected chi connectivity index (χ1v) is 10.9. The summed E-state index contributed by atoms with van der Waals surface area (Å²) in [6, 6.07) is 16.2. The number of ether oxygens (including phenoxy) is 1. The first-order chi connectivity index (χ1) is 14.1. The smallest absolute Gasteiger partial charge is 0.286 e. The van der Waals surface area contributed by atoms with Crippen molar-refractivity contribution in [2.24, 2.45) is 10.9 Å². The van der Waals surface area contributed by atoms with Gasteiger partial charge in [0.05, 0.1) is 4.91 Å². The first kappa shape index (κ1) is 19.8. The van der Waals surface area contributed by atoms with Crippen molar-refractivity contribution in [1.82, 2.24) is 4.90 Å². The van der Waals surface area contributed by atoms with Gasteiger partial charge in [0.15, 0.2) is 5.17 Å². The number of piperidine rings is 1. The predicted octanol–water partition coefficient (Wildman–Crippen LogP) is 5.28. The molecule has 2 heterocycles. The van der Waals surface area contributed by atoms with Gasteiger partial charge in [-0.05, 0) is 66.8 Å². The number of amides is 1. The standard InChI is InChI=1S/C24H26N2O2S/c1-17-5-7-20(8-6-17)16-28-21-11-9-19(10-12-21)14-22-23(27)25-24(29-22)26-13-3-4-18(2)15-26/h5-12,14,18H,3-4,13,15-16H2,1-2H3/b22-14-/t18-/m1/s1. The molecule has 5 heteroatoms. The number of benzene rings is 2. The Morgan fingerprint density at radius 2 is 1.93 bits per heavy atom. The molecule has 1 atom stereocenters. The van der Waals surface area contributed by atoms with Crippen molar-refractivity contribution >= 4 is 28.9 Å². The Balaban J connectivity index is 1.36. The number of carbonyl (C=O) groups is 1. The van der Waals surface area contributed by atoms with Gasteiger partial charge in [-0.1, -0.05) is 48.9 Å². The first-order valence-electron chi connectivity index (χ1n) is 10.1. The maximum Gasteiger partial charge on any atom is 0.286 e. The molecule has 2 aromatic carbocycles. The molecule has 2 aromatic rings. The molecule has 0 bridgehead atoms. The molecule has 2 aliphatic rings. The molecule has 4 rings (SSSR count). The quantitative estimate of drug-likeness (QED) is 0.648. The van der Waals surface area contributed by atoms with Crippen LogP contribution in [0.15, 0.2) is 58.4 Å². The van der Waals surface area contributed by atoms with Crippen molar-refractivity contribution in [1.29, 1.82) is 0 Å². The minimum absolute atomic E-state index is 0.136. The van der Waals surface area contributed by atoms with Crippen LogP contribution in [0.25, 0.3) is 6.08 Å². The van der Waals surface area contributed by atoms with Crippen LogP contribution in [0.1, 0.15) is 36.5 Å². The van der Waals surface area contributed by atoms with Crippen molar-refractivity contribution < 1.29 is 9.53 Å². The Morgan fingerprint density at radius 1 is 1.17 bits per heavy atom. The minimum atomic E-state index is -0.136. The molecule has 0 unspecified atom stereocenters. The van der Waals surface area contributed by atoms with Crippen LogP contribution >= 0.6 is 11.8 Å². The van der Waals surface area contributed by atoms with Crippen LogP contribution in [0.4, 0.5) is 0 Å². The van der Waals surface area contributed by atoms with Crippen LogP contribution in [-0.2, 0) is 11.4 Å². The zero-order chi connectivity index (χ0) is 20.2. The van der Waals surface area contributed by atoms with Gasteiger partial charge >= 0.3 is 0 Å². The van der Waals surface area contributed by atoms with E-state index < -0.39 is 0 Å². The fourth-order valence-electron chi connectivity index (χ4n) is 3.56. The lowest BCUT2D eigenvalue weighted by atomic mass is 10.0. The number of likely N-dealkylation sites (tertiary alicyclic amines) is 1. The monoisotopic (exact) mass is 406 g/mol. The molecule has 0 spiro atoms. The van der Waals surface area contributed by atoms with Gasteiger partial charge in [0, 0.05) is 13.1 Å². The van der Waals surface area contributed by atoms with Crippen molar-refractivity contribution in [2.45, 2.75) is 33.3 Å². The number of hydrogen-bond acceptors (Lipinski definition) is 4. The van der Waals surface area contributed by atoms with Crippen molar-refractivity contribution in [3.05, 3.63) is 70.1 Å². The summed E-state index contributed by atoms with van der Waals surface area (Å²) in [5.74, 6) is 1.34.